The SMILES string of the molecule is COc1ccccc1NC(=O)/C(=C/c1ccc(F)cc1)NC(=O)c1ccccc1. The molecule has 3 aromatic carbocycles. The van der Waals surface area contributed by atoms with Crippen molar-refractivity contribution in [3.05, 3.63) is 102 Å². The van der Waals surface area contributed by atoms with E-state index >= 15 is 0 Å². The molecule has 0 aliphatic rings. The van der Waals surface area contributed by atoms with Gasteiger partial charge in [-0.3, -0.25) is 9.59 Å². The molecule has 3 rings (SSSR count). The van der Waals surface area contributed by atoms with Crippen LogP contribution in [0.3, 0.4) is 0 Å². The maximum Gasteiger partial charge on any atom is 0.272 e. The molecule has 0 atom stereocenters. The van der Waals surface area contributed by atoms with E-state index < -0.39 is 17.6 Å². The molecule has 0 aliphatic carbocycles. The largest absolute Gasteiger partial charge is 0.495 e. The van der Waals surface area contributed by atoms with E-state index in [1.54, 1.807) is 54.6 Å². The van der Waals surface area contributed by atoms with Crippen molar-refractivity contribution in [1.82, 2.24) is 5.32 Å². The lowest BCUT2D eigenvalue weighted by Gasteiger charge is -2.13. The average Bonchev–Trinajstić information content (AvgIpc) is 2.75. The van der Waals surface area contributed by atoms with Crippen molar-refractivity contribution >= 4 is 23.6 Å². The first-order valence-corrected chi connectivity index (χ1v) is 8.85. The van der Waals surface area contributed by atoms with E-state index in [1.165, 1.54) is 37.5 Å². The molecule has 0 unspecified atom stereocenters. The third-order valence-electron chi connectivity index (χ3n) is 4.06. The molecule has 0 aliphatic heterocycles. The molecule has 0 heterocycles. The van der Waals surface area contributed by atoms with Gasteiger partial charge in [0, 0.05) is 5.56 Å². The van der Waals surface area contributed by atoms with Gasteiger partial charge < -0.3 is 15.4 Å². The monoisotopic (exact) mass is 390 g/mol. The first-order chi connectivity index (χ1) is 14.1. The summed E-state index contributed by atoms with van der Waals surface area (Å²) in [6, 6.07) is 21.0. The number of carbonyl (C=O) groups excluding carboxylic acids is 2. The van der Waals surface area contributed by atoms with Crippen LogP contribution in [-0.4, -0.2) is 18.9 Å². The molecular formula is C23H19FN2O3. The maximum absolute atomic E-state index is 13.2. The topological polar surface area (TPSA) is 67.4 Å². The van der Waals surface area contributed by atoms with Crippen LogP contribution in [0.2, 0.25) is 0 Å². The van der Waals surface area contributed by atoms with Crippen molar-refractivity contribution in [2.24, 2.45) is 0 Å². The van der Waals surface area contributed by atoms with Crippen LogP contribution in [0.4, 0.5) is 10.1 Å². The van der Waals surface area contributed by atoms with Gasteiger partial charge >= 0.3 is 0 Å². The van der Waals surface area contributed by atoms with Crippen molar-refractivity contribution in [3.63, 3.8) is 0 Å². The van der Waals surface area contributed by atoms with Crippen molar-refractivity contribution in [1.29, 1.82) is 0 Å². The molecule has 3 aromatic rings. The van der Waals surface area contributed by atoms with Crippen molar-refractivity contribution in [2.45, 2.75) is 0 Å². The van der Waals surface area contributed by atoms with E-state index in [1.807, 2.05) is 0 Å². The van der Waals surface area contributed by atoms with Crippen LogP contribution in [0.5, 0.6) is 5.75 Å². The molecule has 0 saturated carbocycles. The molecule has 6 heteroatoms. The number of para-hydroxylation sites is 2. The summed E-state index contributed by atoms with van der Waals surface area (Å²) < 4.78 is 18.4. The highest BCUT2D eigenvalue weighted by molar-refractivity contribution is 6.11. The number of ether oxygens (including phenoxy) is 1. The molecule has 0 spiro atoms. The number of hydrogen-bond acceptors (Lipinski definition) is 3. The Morgan fingerprint density at radius 1 is 0.897 bits per heavy atom. The van der Waals surface area contributed by atoms with Crippen LogP contribution in [0.1, 0.15) is 15.9 Å². The van der Waals surface area contributed by atoms with Crippen LogP contribution in [0, 0.1) is 5.82 Å². The van der Waals surface area contributed by atoms with Gasteiger partial charge in [0.25, 0.3) is 11.8 Å². The Kier molecular flexibility index (Phi) is 6.37. The lowest BCUT2D eigenvalue weighted by Crippen LogP contribution is -2.30. The fourth-order valence-corrected chi connectivity index (χ4v) is 2.61. The number of halogens is 1. The molecule has 2 N–H and O–H groups in total. The highest BCUT2D eigenvalue weighted by Gasteiger charge is 2.16. The molecule has 0 radical (unpaired) electrons. The fraction of sp³-hybridized carbons (Fsp3) is 0.0435. The Labute approximate surface area is 167 Å². The van der Waals surface area contributed by atoms with Gasteiger partial charge in [-0.15, -0.1) is 0 Å². The molecule has 0 bridgehead atoms. The van der Waals surface area contributed by atoms with Crippen molar-refractivity contribution in [2.75, 3.05) is 12.4 Å². The minimum Gasteiger partial charge on any atom is -0.495 e. The molecule has 146 valence electrons. The van der Waals surface area contributed by atoms with E-state index in [0.717, 1.165) is 0 Å². The maximum atomic E-state index is 13.2. The van der Waals surface area contributed by atoms with E-state index in [0.29, 0.717) is 22.6 Å². The highest BCUT2D eigenvalue weighted by Crippen LogP contribution is 2.23. The van der Waals surface area contributed by atoms with Crippen LogP contribution in [-0.2, 0) is 4.79 Å². The predicted octanol–water partition coefficient (Wildman–Crippen LogP) is 4.24. The zero-order valence-electron chi connectivity index (χ0n) is 15.7. The Hall–Kier alpha value is -3.93. The molecule has 5 nitrogen and oxygen atoms in total. The number of rotatable bonds is 6. The Morgan fingerprint density at radius 2 is 1.55 bits per heavy atom. The van der Waals surface area contributed by atoms with Crippen LogP contribution in [0.25, 0.3) is 6.08 Å². The Bertz CT molecular complexity index is 1030. The predicted molar refractivity (Wildman–Crippen MR) is 110 cm³/mol. The van der Waals surface area contributed by atoms with Gasteiger partial charge in [-0.2, -0.15) is 0 Å². The Balaban J connectivity index is 1.90. The molecule has 0 aromatic heterocycles. The number of methoxy groups -OCH3 is 1. The van der Waals surface area contributed by atoms with Gasteiger partial charge in [-0.1, -0.05) is 42.5 Å². The summed E-state index contributed by atoms with van der Waals surface area (Å²) in [7, 11) is 1.50. The van der Waals surface area contributed by atoms with E-state index in [9.17, 15) is 14.0 Å². The number of amides is 2. The normalized spacial score (nSPS) is 10.9. The zero-order chi connectivity index (χ0) is 20.6. The summed E-state index contributed by atoms with van der Waals surface area (Å²) in [6.07, 6.45) is 1.48. The number of carbonyl (C=O) groups is 2. The third kappa shape index (κ3) is 5.29. The minimum absolute atomic E-state index is 0.0105. The summed E-state index contributed by atoms with van der Waals surface area (Å²) in [5.41, 5.74) is 1.43. The van der Waals surface area contributed by atoms with Gasteiger partial charge in [-0.05, 0) is 48.0 Å². The van der Waals surface area contributed by atoms with Gasteiger partial charge in [0.1, 0.15) is 17.3 Å². The van der Waals surface area contributed by atoms with E-state index in [2.05, 4.69) is 10.6 Å². The minimum atomic E-state index is -0.539. The number of anilines is 1. The summed E-state index contributed by atoms with van der Waals surface area (Å²) in [6.45, 7) is 0. The second-order valence-electron chi connectivity index (χ2n) is 6.08. The van der Waals surface area contributed by atoms with Crippen LogP contribution >= 0.6 is 0 Å². The molecule has 0 saturated heterocycles. The van der Waals surface area contributed by atoms with E-state index in [-0.39, 0.29) is 5.70 Å². The first kappa shape index (κ1) is 19.8. The molecular weight excluding hydrogens is 371 g/mol. The molecule has 0 fully saturated rings. The van der Waals surface area contributed by atoms with Crippen molar-refractivity contribution in [3.8, 4) is 5.75 Å². The average molecular weight is 390 g/mol. The second kappa shape index (κ2) is 9.32. The van der Waals surface area contributed by atoms with Crippen LogP contribution in [0.15, 0.2) is 84.6 Å². The van der Waals surface area contributed by atoms with Crippen LogP contribution < -0.4 is 15.4 Å². The molecule has 2 amide bonds. The van der Waals surface area contributed by atoms with Gasteiger partial charge in [0.2, 0.25) is 0 Å². The second-order valence-corrected chi connectivity index (χ2v) is 6.08. The van der Waals surface area contributed by atoms with E-state index in [4.69, 9.17) is 4.74 Å². The van der Waals surface area contributed by atoms with Gasteiger partial charge in [0.15, 0.2) is 0 Å². The fourth-order valence-electron chi connectivity index (χ4n) is 2.61. The first-order valence-electron chi connectivity index (χ1n) is 8.85. The quantitative estimate of drug-likeness (QED) is 0.619. The summed E-state index contributed by atoms with van der Waals surface area (Å²) in [5, 5.41) is 5.36. The summed E-state index contributed by atoms with van der Waals surface area (Å²) in [5.74, 6) is -0.885. The smallest absolute Gasteiger partial charge is 0.272 e. The summed E-state index contributed by atoms with van der Waals surface area (Å²) >= 11 is 0. The molecule has 29 heavy (non-hydrogen) atoms. The number of benzene rings is 3. The van der Waals surface area contributed by atoms with Gasteiger partial charge in [0.05, 0.1) is 12.8 Å². The third-order valence-corrected chi connectivity index (χ3v) is 4.06. The number of nitrogens with one attached hydrogen (secondary N) is 2. The number of hydrogen-bond donors (Lipinski definition) is 2. The van der Waals surface area contributed by atoms with Crippen molar-refractivity contribution < 1.29 is 18.7 Å². The Morgan fingerprint density at radius 3 is 2.24 bits per heavy atom. The lowest BCUT2D eigenvalue weighted by atomic mass is 10.1. The standard InChI is InChI=1S/C23H19FN2O3/c1-29-21-10-6-5-9-19(21)25-23(28)20(15-16-11-13-18(24)14-12-16)26-22(27)17-7-3-2-4-8-17/h2-15H,1H3,(H,25,28)(H,26,27)/b20-15-. The highest BCUT2D eigenvalue weighted by atomic mass is 19.1. The van der Waals surface area contributed by atoms with Gasteiger partial charge in [-0.25, -0.2) is 4.39 Å². The zero-order valence-corrected chi connectivity index (χ0v) is 15.7. The summed E-state index contributed by atoms with van der Waals surface area (Å²) in [4.78, 5) is 25.5. The lowest BCUT2D eigenvalue weighted by molar-refractivity contribution is -0.113.